The third kappa shape index (κ3) is 6.50. The number of rotatable bonds is 7. The van der Waals surface area contributed by atoms with Crippen LogP contribution in [0.1, 0.15) is 11.3 Å². The fraction of sp³-hybridized carbons (Fsp3) is 0.348. The van der Waals surface area contributed by atoms with Crippen LogP contribution in [0, 0.1) is 0 Å². The second-order valence-electron chi connectivity index (χ2n) is 7.58. The normalized spacial score (nSPS) is 14.2. The van der Waals surface area contributed by atoms with Crippen LogP contribution in [0.4, 0.5) is 5.69 Å². The highest BCUT2D eigenvalue weighted by molar-refractivity contribution is 14.0. The Morgan fingerprint density at radius 1 is 1.24 bits per heavy atom. The number of furan rings is 1. The molecule has 10 heteroatoms. The van der Waals surface area contributed by atoms with Gasteiger partial charge in [0.25, 0.3) is 0 Å². The van der Waals surface area contributed by atoms with E-state index in [0.29, 0.717) is 32.1 Å². The molecule has 33 heavy (non-hydrogen) atoms. The zero-order chi connectivity index (χ0) is 22.3. The number of halogens is 1. The summed E-state index contributed by atoms with van der Waals surface area (Å²) in [5, 5.41) is 7.58. The number of benzene rings is 1. The van der Waals surface area contributed by atoms with Gasteiger partial charge in [-0.3, -0.25) is 9.48 Å². The fourth-order valence-corrected chi connectivity index (χ4v) is 3.59. The number of carbonyl (C=O) groups is 1. The first-order chi connectivity index (χ1) is 15.6. The van der Waals surface area contributed by atoms with Crippen molar-refractivity contribution in [3.8, 4) is 5.75 Å². The SMILES string of the molecule is COc1ccc(CN=C(NCCc2ccco2)N2CCN(c3cnn(C)c3)C(=O)C2)cc1.I. The van der Waals surface area contributed by atoms with E-state index in [9.17, 15) is 4.79 Å². The number of methoxy groups -OCH3 is 1. The first-order valence-corrected chi connectivity index (χ1v) is 10.6. The largest absolute Gasteiger partial charge is 0.497 e. The number of aliphatic imine (C=N–C) groups is 1. The predicted molar refractivity (Wildman–Crippen MR) is 137 cm³/mol. The average molecular weight is 564 g/mol. The fourth-order valence-electron chi connectivity index (χ4n) is 3.59. The van der Waals surface area contributed by atoms with Crippen LogP contribution < -0.4 is 15.0 Å². The molecule has 0 aliphatic carbocycles. The van der Waals surface area contributed by atoms with Crippen molar-refractivity contribution in [1.29, 1.82) is 0 Å². The summed E-state index contributed by atoms with van der Waals surface area (Å²) in [6.45, 7) is 2.67. The lowest BCUT2D eigenvalue weighted by molar-refractivity contribution is -0.120. The van der Waals surface area contributed by atoms with Gasteiger partial charge >= 0.3 is 0 Å². The predicted octanol–water partition coefficient (Wildman–Crippen LogP) is 2.68. The molecule has 3 heterocycles. The number of aryl methyl sites for hydroxylation is 1. The zero-order valence-electron chi connectivity index (χ0n) is 18.8. The number of nitrogens with one attached hydrogen (secondary N) is 1. The van der Waals surface area contributed by atoms with Crippen molar-refractivity contribution < 1.29 is 13.9 Å². The van der Waals surface area contributed by atoms with E-state index in [2.05, 4.69) is 10.4 Å². The van der Waals surface area contributed by atoms with Crippen LogP contribution in [0.3, 0.4) is 0 Å². The Balaban J connectivity index is 0.00000306. The number of aromatic nitrogens is 2. The number of anilines is 1. The molecular formula is C23H29IN6O3. The summed E-state index contributed by atoms with van der Waals surface area (Å²) in [7, 11) is 3.49. The van der Waals surface area contributed by atoms with Gasteiger partial charge in [0.15, 0.2) is 5.96 Å². The lowest BCUT2D eigenvalue weighted by atomic mass is 10.2. The topological polar surface area (TPSA) is 88.1 Å². The van der Waals surface area contributed by atoms with Gasteiger partial charge in [0.2, 0.25) is 5.91 Å². The lowest BCUT2D eigenvalue weighted by Crippen LogP contribution is -2.55. The summed E-state index contributed by atoms with van der Waals surface area (Å²) in [4.78, 5) is 21.4. The summed E-state index contributed by atoms with van der Waals surface area (Å²) in [5.41, 5.74) is 1.89. The van der Waals surface area contributed by atoms with Crippen LogP contribution in [0.15, 0.2) is 64.5 Å². The van der Waals surface area contributed by atoms with Crippen molar-refractivity contribution in [2.45, 2.75) is 13.0 Å². The molecule has 1 aliphatic heterocycles. The Kier molecular flexibility index (Phi) is 8.75. The molecule has 1 fully saturated rings. The van der Waals surface area contributed by atoms with Crippen molar-refractivity contribution in [2.24, 2.45) is 12.0 Å². The molecule has 1 amide bonds. The molecule has 0 unspecified atom stereocenters. The minimum Gasteiger partial charge on any atom is -0.497 e. The molecule has 1 N–H and O–H groups in total. The number of amides is 1. The molecule has 4 rings (SSSR count). The maximum atomic E-state index is 12.9. The van der Waals surface area contributed by atoms with Crippen molar-refractivity contribution in [2.75, 3.05) is 38.2 Å². The van der Waals surface area contributed by atoms with Gasteiger partial charge in [0.1, 0.15) is 18.1 Å². The summed E-state index contributed by atoms with van der Waals surface area (Å²) in [6.07, 6.45) is 5.98. The molecule has 1 aliphatic rings. The van der Waals surface area contributed by atoms with Crippen LogP contribution in [-0.4, -0.2) is 59.8 Å². The summed E-state index contributed by atoms with van der Waals surface area (Å²) < 4.78 is 12.3. The number of hydrogen-bond donors (Lipinski definition) is 1. The maximum Gasteiger partial charge on any atom is 0.246 e. The van der Waals surface area contributed by atoms with Crippen molar-refractivity contribution in [3.05, 3.63) is 66.4 Å². The van der Waals surface area contributed by atoms with Gasteiger partial charge in [-0.1, -0.05) is 12.1 Å². The van der Waals surface area contributed by atoms with Gasteiger partial charge in [-0.25, -0.2) is 4.99 Å². The van der Waals surface area contributed by atoms with Crippen molar-refractivity contribution >= 4 is 41.5 Å². The van der Waals surface area contributed by atoms with E-state index in [1.807, 2.05) is 54.5 Å². The number of piperazine rings is 1. The number of carbonyl (C=O) groups excluding carboxylic acids is 1. The summed E-state index contributed by atoms with van der Waals surface area (Å²) >= 11 is 0. The monoisotopic (exact) mass is 564 g/mol. The van der Waals surface area contributed by atoms with Crippen LogP contribution >= 0.6 is 24.0 Å². The van der Waals surface area contributed by atoms with Gasteiger partial charge in [-0.15, -0.1) is 24.0 Å². The first kappa shape index (κ1) is 24.6. The Morgan fingerprint density at radius 2 is 2.06 bits per heavy atom. The average Bonchev–Trinajstić information content (AvgIpc) is 3.48. The van der Waals surface area contributed by atoms with Crippen LogP contribution in [0.25, 0.3) is 0 Å². The molecular weight excluding hydrogens is 535 g/mol. The molecule has 2 aromatic heterocycles. The minimum absolute atomic E-state index is 0. The highest BCUT2D eigenvalue weighted by Crippen LogP contribution is 2.17. The van der Waals surface area contributed by atoms with E-state index in [4.69, 9.17) is 14.1 Å². The van der Waals surface area contributed by atoms with E-state index >= 15 is 0 Å². The molecule has 176 valence electrons. The smallest absolute Gasteiger partial charge is 0.246 e. The number of guanidine groups is 1. The van der Waals surface area contributed by atoms with Crippen LogP contribution in [-0.2, 0) is 24.8 Å². The first-order valence-electron chi connectivity index (χ1n) is 10.6. The number of ether oxygens (including phenoxy) is 1. The Morgan fingerprint density at radius 3 is 2.70 bits per heavy atom. The highest BCUT2D eigenvalue weighted by atomic mass is 127. The van der Waals surface area contributed by atoms with Crippen molar-refractivity contribution in [1.82, 2.24) is 20.0 Å². The molecule has 0 saturated carbocycles. The second-order valence-corrected chi connectivity index (χ2v) is 7.58. The lowest BCUT2D eigenvalue weighted by Gasteiger charge is -2.35. The van der Waals surface area contributed by atoms with Crippen LogP contribution in [0.5, 0.6) is 5.75 Å². The highest BCUT2D eigenvalue weighted by Gasteiger charge is 2.27. The summed E-state index contributed by atoms with van der Waals surface area (Å²) in [5.74, 6) is 2.46. The number of nitrogens with zero attached hydrogens (tertiary/aromatic N) is 5. The van der Waals surface area contributed by atoms with Gasteiger partial charge in [0, 0.05) is 39.3 Å². The molecule has 0 bridgehead atoms. The second kappa shape index (κ2) is 11.7. The Hall–Kier alpha value is -3.02. The zero-order valence-corrected chi connectivity index (χ0v) is 21.1. The number of hydrogen-bond acceptors (Lipinski definition) is 5. The third-order valence-corrected chi connectivity index (χ3v) is 5.33. The molecule has 0 atom stereocenters. The van der Waals surface area contributed by atoms with E-state index in [-0.39, 0.29) is 36.4 Å². The minimum atomic E-state index is 0. The quantitative estimate of drug-likeness (QED) is 0.270. The molecule has 1 saturated heterocycles. The van der Waals surface area contributed by atoms with Gasteiger partial charge in [0.05, 0.1) is 31.8 Å². The van der Waals surface area contributed by atoms with Crippen LogP contribution in [0.2, 0.25) is 0 Å². The summed E-state index contributed by atoms with van der Waals surface area (Å²) in [6, 6.07) is 11.7. The molecule has 0 radical (unpaired) electrons. The molecule has 9 nitrogen and oxygen atoms in total. The van der Waals surface area contributed by atoms with E-state index in [1.54, 1.807) is 29.2 Å². The van der Waals surface area contributed by atoms with E-state index in [1.165, 1.54) is 0 Å². The molecule has 0 spiro atoms. The van der Waals surface area contributed by atoms with Gasteiger partial charge in [-0.05, 0) is 29.8 Å². The van der Waals surface area contributed by atoms with Gasteiger partial charge in [-0.2, -0.15) is 5.10 Å². The van der Waals surface area contributed by atoms with Crippen molar-refractivity contribution in [3.63, 3.8) is 0 Å². The van der Waals surface area contributed by atoms with E-state index < -0.39 is 0 Å². The van der Waals surface area contributed by atoms with E-state index in [0.717, 1.165) is 29.2 Å². The standard InChI is InChI=1S/C23H28N6O3.HI/c1-27-16-19(15-26-27)29-12-11-28(17-22(29)30)23(24-10-9-21-4-3-13-32-21)25-14-18-5-7-20(31-2)8-6-18;/h3-8,13,15-16H,9-12,14,17H2,1-2H3,(H,24,25);1H. The maximum absolute atomic E-state index is 12.9. The molecule has 3 aromatic rings. The molecule has 1 aromatic carbocycles. The Labute approximate surface area is 210 Å². The van der Waals surface area contributed by atoms with Gasteiger partial charge < -0.3 is 24.3 Å². The third-order valence-electron chi connectivity index (χ3n) is 5.33. The Bertz CT molecular complexity index is 1050.